The Morgan fingerprint density at radius 3 is 2.65 bits per heavy atom. The molecule has 2 aromatic rings. The van der Waals surface area contributed by atoms with Crippen molar-refractivity contribution in [2.45, 2.75) is 0 Å². The molecule has 116 valence electrons. The highest BCUT2D eigenvalue weighted by Crippen LogP contribution is 2.39. The maximum Gasteiger partial charge on any atom is 0.298 e. The van der Waals surface area contributed by atoms with Crippen LogP contribution in [0.4, 0.5) is 10.5 Å². The number of para-hydroxylation sites is 2. The van der Waals surface area contributed by atoms with Crippen molar-refractivity contribution >= 4 is 46.3 Å². The van der Waals surface area contributed by atoms with Crippen LogP contribution in [-0.4, -0.2) is 18.3 Å². The van der Waals surface area contributed by atoms with Crippen molar-refractivity contribution in [3.63, 3.8) is 0 Å². The number of benzene rings is 2. The molecular formula is C17H12ClNO3S. The Kier molecular flexibility index (Phi) is 4.41. The molecule has 1 aliphatic heterocycles. The molecule has 2 aromatic carbocycles. The summed E-state index contributed by atoms with van der Waals surface area (Å²) in [6, 6.07) is 14.0. The summed E-state index contributed by atoms with van der Waals surface area (Å²) in [4.78, 5) is 26.3. The van der Waals surface area contributed by atoms with Gasteiger partial charge < -0.3 is 4.74 Å². The van der Waals surface area contributed by atoms with Gasteiger partial charge >= 0.3 is 0 Å². The van der Waals surface area contributed by atoms with Crippen LogP contribution in [0.3, 0.4) is 0 Å². The summed E-state index contributed by atoms with van der Waals surface area (Å²) in [5.74, 6) is 0.100. The number of amides is 2. The lowest BCUT2D eigenvalue weighted by Gasteiger charge is -2.15. The predicted molar refractivity (Wildman–Crippen MR) is 92.9 cm³/mol. The first-order valence-corrected chi connectivity index (χ1v) is 7.96. The maximum absolute atomic E-state index is 12.6. The fourth-order valence-electron chi connectivity index (χ4n) is 2.24. The summed E-state index contributed by atoms with van der Waals surface area (Å²) in [6.45, 7) is 0. The third-order valence-corrected chi connectivity index (χ3v) is 4.37. The number of imide groups is 1. The van der Waals surface area contributed by atoms with Gasteiger partial charge in [-0.3, -0.25) is 9.59 Å². The van der Waals surface area contributed by atoms with Gasteiger partial charge in [-0.15, -0.1) is 0 Å². The van der Waals surface area contributed by atoms with E-state index in [0.717, 1.165) is 22.2 Å². The van der Waals surface area contributed by atoms with Crippen molar-refractivity contribution in [2.75, 3.05) is 12.0 Å². The molecule has 0 aliphatic carbocycles. The van der Waals surface area contributed by atoms with Crippen LogP contribution in [0.2, 0.25) is 5.02 Å². The van der Waals surface area contributed by atoms with Gasteiger partial charge in [0.1, 0.15) is 5.75 Å². The Hall–Kier alpha value is -2.24. The third kappa shape index (κ3) is 3.11. The molecule has 6 heteroatoms. The second-order valence-corrected chi connectivity index (χ2v) is 6.17. The molecule has 0 N–H and O–H groups in total. The number of nitrogens with zero attached hydrogens (tertiary/aromatic N) is 1. The van der Waals surface area contributed by atoms with Crippen LogP contribution in [0.25, 0.3) is 6.08 Å². The number of hydrogen-bond acceptors (Lipinski definition) is 4. The summed E-state index contributed by atoms with van der Waals surface area (Å²) in [5, 5.41) is 0.218. The maximum atomic E-state index is 12.6. The summed E-state index contributed by atoms with van der Waals surface area (Å²) in [7, 11) is 1.50. The fraction of sp³-hybridized carbons (Fsp3) is 0.0588. The van der Waals surface area contributed by atoms with Crippen molar-refractivity contribution in [2.24, 2.45) is 0 Å². The molecule has 0 atom stereocenters. The van der Waals surface area contributed by atoms with E-state index >= 15 is 0 Å². The summed E-state index contributed by atoms with van der Waals surface area (Å²) >= 11 is 6.84. The van der Waals surface area contributed by atoms with E-state index in [1.165, 1.54) is 7.11 Å². The van der Waals surface area contributed by atoms with Crippen LogP contribution in [0.15, 0.2) is 53.4 Å². The van der Waals surface area contributed by atoms with E-state index in [9.17, 15) is 9.59 Å². The Morgan fingerprint density at radius 2 is 1.91 bits per heavy atom. The third-order valence-electron chi connectivity index (χ3n) is 3.27. The van der Waals surface area contributed by atoms with Crippen LogP contribution in [0, 0.1) is 0 Å². The number of carbonyl (C=O) groups excluding carboxylic acids is 2. The SMILES string of the molecule is COc1ccccc1N1C(=O)S/C(=C\c2cccc(Cl)c2)C1=O. The number of halogens is 1. The molecule has 0 unspecified atom stereocenters. The second kappa shape index (κ2) is 6.48. The highest BCUT2D eigenvalue weighted by molar-refractivity contribution is 8.19. The van der Waals surface area contributed by atoms with Crippen molar-refractivity contribution in [1.82, 2.24) is 0 Å². The largest absolute Gasteiger partial charge is 0.495 e. The minimum Gasteiger partial charge on any atom is -0.495 e. The van der Waals surface area contributed by atoms with Crippen molar-refractivity contribution < 1.29 is 14.3 Å². The number of hydrogen-bond donors (Lipinski definition) is 0. The average Bonchev–Trinajstić information content (AvgIpc) is 2.81. The minimum atomic E-state index is -0.371. The predicted octanol–water partition coefficient (Wildman–Crippen LogP) is 4.59. The quantitative estimate of drug-likeness (QED) is 0.763. The first-order valence-electron chi connectivity index (χ1n) is 6.76. The minimum absolute atomic E-state index is 0.350. The molecule has 0 spiro atoms. The number of ether oxygens (including phenoxy) is 1. The first kappa shape index (κ1) is 15.6. The number of carbonyl (C=O) groups is 2. The van der Waals surface area contributed by atoms with Gasteiger partial charge in [0.05, 0.1) is 17.7 Å². The number of thioether (sulfide) groups is 1. The van der Waals surface area contributed by atoms with Gasteiger partial charge in [-0.05, 0) is 47.7 Å². The van der Waals surface area contributed by atoms with E-state index in [1.807, 2.05) is 6.07 Å². The topological polar surface area (TPSA) is 46.6 Å². The van der Waals surface area contributed by atoms with Gasteiger partial charge in [0, 0.05) is 5.02 Å². The van der Waals surface area contributed by atoms with Crippen molar-refractivity contribution in [3.8, 4) is 5.75 Å². The van der Waals surface area contributed by atoms with Crippen LogP contribution in [0.1, 0.15) is 5.56 Å². The van der Waals surface area contributed by atoms with Crippen molar-refractivity contribution in [3.05, 3.63) is 64.0 Å². The molecular weight excluding hydrogens is 334 g/mol. The molecule has 3 rings (SSSR count). The summed E-state index contributed by atoms with van der Waals surface area (Å²) in [5.41, 5.74) is 1.20. The van der Waals surface area contributed by atoms with Gasteiger partial charge in [0.2, 0.25) is 0 Å². The van der Waals surface area contributed by atoms with Gasteiger partial charge in [-0.25, -0.2) is 4.90 Å². The number of anilines is 1. The zero-order valence-electron chi connectivity index (χ0n) is 12.2. The highest BCUT2D eigenvalue weighted by Gasteiger charge is 2.37. The van der Waals surface area contributed by atoms with E-state index in [0.29, 0.717) is 21.4 Å². The summed E-state index contributed by atoms with van der Waals surface area (Å²) in [6.07, 6.45) is 1.66. The molecule has 4 nitrogen and oxygen atoms in total. The molecule has 0 radical (unpaired) electrons. The molecule has 1 saturated heterocycles. The summed E-state index contributed by atoms with van der Waals surface area (Å²) < 4.78 is 5.23. The molecule has 1 heterocycles. The average molecular weight is 346 g/mol. The van der Waals surface area contributed by atoms with E-state index < -0.39 is 0 Å². The number of rotatable bonds is 3. The first-order chi connectivity index (χ1) is 11.1. The molecule has 0 saturated carbocycles. The van der Waals surface area contributed by atoms with E-state index in [1.54, 1.807) is 48.5 Å². The molecule has 0 bridgehead atoms. The van der Waals surface area contributed by atoms with Crippen LogP contribution < -0.4 is 9.64 Å². The van der Waals surface area contributed by atoms with Crippen molar-refractivity contribution in [1.29, 1.82) is 0 Å². The highest BCUT2D eigenvalue weighted by atomic mass is 35.5. The Morgan fingerprint density at radius 1 is 1.13 bits per heavy atom. The zero-order chi connectivity index (χ0) is 16.4. The molecule has 1 fully saturated rings. The van der Waals surface area contributed by atoms with Gasteiger partial charge in [0.15, 0.2) is 0 Å². The lowest BCUT2D eigenvalue weighted by Crippen LogP contribution is -2.28. The lowest BCUT2D eigenvalue weighted by atomic mass is 10.2. The van der Waals surface area contributed by atoms with Crippen LogP contribution >= 0.6 is 23.4 Å². The molecule has 23 heavy (non-hydrogen) atoms. The van der Waals surface area contributed by atoms with Gasteiger partial charge in [-0.1, -0.05) is 35.9 Å². The van der Waals surface area contributed by atoms with E-state index in [2.05, 4.69) is 0 Å². The lowest BCUT2D eigenvalue weighted by molar-refractivity contribution is -0.113. The normalized spacial score (nSPS) is 16.3. The number of methoxy groups -OCH3 is 1. The molecule has 2 amide bonds. The van der Waals surface area contributed by atoms with E-state index in [4.69, 9.17) is 16.3 Å². The molecule has 1 aliphatic rings. The Bertz CT molecular complexity index is 819. The fourth-order valence-corrected chi connectivity index (χ4v) is 3.27. The Labute approximate surface area is 142 Å². The molecule has 0 aromatic heterocycles. The van der Waals surface area contributed by atoms with Gasteiger partial charge in [-0.2, -0.15) is 0 Å². The zero-order valence-corrected chi connectivity index (χ0v) is 13.7. The monoisotopic (exact) mass is 345 g/mol. The van der Waals surface area contributed by atoms with Gasteiger partial charge in [0.25, 0.3) is 11.1 Å². The smallest absolute Gasteiger partial charge is 0.298 e. The standard InChI is InChI=1S/C17H12ClNO3S/c1-22-14-8-3-2-7-13(14)19-16(20)15(23-17(19)21)10-11-5-4-6-12(18)9-11/h2-10H,1H3/b15-10-. The van der Waals surface area contributed by atoms with E-state index in [-0.39, 0.29) is 11.1 Å². The Balaban J connectivity index is 1.97. The van der Waals surface area contributed by atoms with Crippen LogP contribution in [-0.2, 0) is 4.79 Å². The second-order valence-electron chi connectivity index (χ2n) is 4.74. The van der Waals surface area contributed by atoms with Crippen LogP contribution in [0.5, 0.6) is 5.75 Å².